The number of carbonyl (C=O) groups is 1. The molecule has 4 heteroatoms. The molecule has 0 spiro atoms. The van der Waals surface area contributed by atoms with Gasteiger partial charge in [-0.15, -0.1) is 0 Å². The van der Waals surface area contributed by atoms with Crippen molar-refractivity contribution < 1.29 is 9.53 Å². The first-order valence-corrected chi connectivity index (χ1v) is 4.32. The molecular formula is C8H16N2O2. The Labute approximate surface area is 72.7 Å². The minimum absolute atomic E-state index is 0.367. The van der Waals surface area contributed by atoms with Gasteiger partial charge in [-0.25, -0.2) is 4.79 Å². The predicted molar refractivity (Wildman–Crippen MR) is 45.8 cm³/mol. The number of ether oxygens (including phenoxy) is 1. The average molecular weight is 172 g/mol. The molecule has 1 heterocycles. The van der Waals surface area contributed by atoms with Crippen molar-refractivity contribution in [2.24, 2.45) is 5.73 Å². The van der Waals surface area contributed by atoms with E-state index in [1.165, 1.54) is 12.8 Å². The van der Waals surface area contributed by atoms with E-state index in [1.54, 1.807) is 0 Å². The highest BCUT2D eigenvalue weighted by Crippen LogP contribution is 2.14. The van der Waals surface area contributed by atoms with Crippen LogP contribution < -0.4 is 5.73 Å². The summed E-state index contributed by atoms with van der Waals surface area (Å²) in [5.41, 5.74) is 4.88. The fraction of sp³-hybridized carbons (Fsp3) is 0.875. The lowest BCUT2D eigenvalue weighted by Gasteiger charge is -2.31. The molecule has 12 heavy (non-hydrogen) atoms. The number of amides is 1. The van der Waals surface area contributed by atoms with Crippen molar-refractivity contribution in [3.05, 3.63) is 0 Å². The normalized spacial score (nSPS) is 25.2. The molecule has 1 aliphatic rings. The molecular weight excluding hydrogens is 156 g/mol. The van der Waals surface area contributed by atoms with Crippen LogP contribution in [0.5, 0.6) is 0 Å². The Morgan fingerprint density at radius 3 is 3.00 bits per heavy atom. The SMILES string of the molecule is CN1CCCCC1COC(N)=O. The summed E-state index contributed by atoms with van der Waals surface area (Å²) < 4.78 is 4.75. The summed E-state index contributed by atoms with van der Waals surface area (Å²) in [6.45, 7) is 1.53. The lowest BCUT2D eigenvalue weighted by atomic mass is 10.0. The van der Waals surface area contributed by atoms with Crippen LogP contribution >= 0.6 is 0 Å². The lowest BCUT2D eigenvalue weighted by molar-refractivity contribution is 0.0884. The molecule has 2 N–H and O–H groups in total. The third-order valence-corrected chi connectivity index (χ3v) is 2.34. The second-order valence-electron chi connectivity index (χ2n) is 3.26. The van der Waals surface area contributed by atoms with E-state index in [4.69, 9.17) is 10.5 Å². The molecule has 0 aromatic carbocycles. The van der Waals surface area contributed by atoms with Crippen LogP contribution in [0.1, 0.15) is 19.3 Å². The van der Waals surface area contributed by atoms with Gasteiger partial charge in [0.1, 0.15) is 6.61 Å². The fourth-order valence-corrected chi connectivity index (χ4v) is 1.53. The molecule has 0 aliphatic carbocycles. The van der Waals surface area contributed by atoms with Crippen LogP contribution in [0.25, 0.3) is 0 Å². The van der Waals surface area contributed by atoms with Gasteiger partial charge in [0.05, 0.1) is 0 Å². The van der Waals surface area contributed by atoms with Crippen LogP contribution in [0, 0.1) is 0 Å². The maximum absolute atomic E-state index is 10.3. The molecule has 1 atom stereocenters. The number of carbonyl (C=O) groups excluding carboxylic acids is 1. The Bertz CT molecular complexity index is 161. The Hall–Kier alpha value is -0.770. The summed E-state index contributed by atoms with van der Waals surface area (Å²) in [4.78, 5) is 12.5. The fourth-order valence-electron chi connectivity index (χ4n) is 1.53. The highest BCUT2D eigenvalue weighted by molar-refractivity contribution is 5.64. The monoisotopic (exact) mass is 172 g/mol. The van der Waals surface area contributed by atoms with Crippen molar-refractivity contribution in [1.29, 1.82) is 0 Å². The van der Waals surface area contributed by atoms with Gasteiger partial charge in [0.2, 0.25) is 0 Å². The Morgan fingerprint density at radius 1 is 1.67 bits per heavy atom. The van der Waals surface area contributed by atoms with Crippen molar-refractivity contribution in [1.82, 2.24) is 4.90 Å². The number of primary amides is 1. The molecule has 0 saturated carbocycles. The maximum Gasteiger partial charge on any atom is 0.404 e. The number of likely N-dealkylation sites (N-methyl/N-ethyl adjacent to an activating group) is 1. The van der Waals surface area contributed by atoms with Crippen LogP contribution in [0.4, 0.5) is 4.79 Å². The molecule has 0 aromatic heterocycles. The highest BCUT2D eigenvalue weighted by atomic mass is 16.5. The van der Waals surface area contributed by atoms with Crippen LogP contribution in [0.3, 0.4) is 0 Å². The van der Waals surface area contributed by atoms with E-state index in [1.807, 2.05) is 7.05 Å². The van der Waals surface area contributed by atoms with Gasteiger partial charge in [-0.3, -0.25) is 0 Å². The standard InChI is InChI=1S/C8H16N2O2/c1-10-5-3-2-4-7(10)6-12-8(9)11/h7H,2-6H2,1H3,(H2,9,11). The minimum atomic E-state index is -0.672. The average Bonchev–Trinajstić information content (AvgIpc) is 2.03. The highest BCUT2D eigenvalue weighted by Gasteiger charge is 2.19. The summed E-state index contributed by atoms with van der Waals surface area (Å²) in [6.07, 6.45) is 2.89. The van der Waals surface area contributed by atoms with E-state index in [0.717, 1.165) is 13.0 Å². The predicted octanol–water partition coefficient (Wildman–Crippen LogP) is 0.566. The van der Waals surface area contributed by atoms with E-state index in [0.29, 0.717) is 12.6 Å². The van der Waals surface area contributed by atoms with Crippen LogP contribution in [0.15, 0.2) is 0 Å². The molecule has 70 valence electrons. The summed E-state index contributed by atoms with van der Waals surface area (Å²) in [7, 11) is 2.05. The maximum atomic E-state index is 10.3. The van der Waals surface area contributed by atoms with Crippen LogP contribution in [-0.2, 0) is 4.74 Å². The summed E-state index contributed by atoms with van der Waals surface area (Å²) >= 11 is 0. The van der Waals surface area contributed by atoms with Gasteiger partial charge in [-0.05, 0) is 26.4 Å². The molecule has 1 aliphatic heterocycles. The largest absolute Gasteiger partial charge is 0.448 e. The zero-order valence-corrected chi connectivity index (χ0v) is 7.45. The second-order valence-corrected chi connectivity index (χ2v) is 3.26. The molecule has 4 nitrogen and oxygen atoms in total. The molecule has 0 bridgehead atoms. The van der Waals surface area contributed by atoms with Crippen molar-refractivity contribution >= 4 is 6.09 Å². The number of nitrogens with two attached hydrogens (primary N) is 1. The summed E-state index contributed by atoms with van der Waals surface area (Å²) in [5.74, 6) is 0. The molecule has 1 rings (SSSR count). The Kier molecular flexibility index (Phi) is 3.34. The van der Waals surface area contributed by atoms with E-state index in [-0.39, 0.29) is 0 Å². The number of nitrogens with zero attached hydrogens (tertiary/aromatic N) is 1. The van der Waals surface area contributed by atoms with Crippen LogP contribution in [-0.4, -0.2) is 37.2 Å². The van der Waals surface area contributed by atoms with Gasteiger partial charge >= 0.3 is 6.09 Å². The van der Waals surface area contributed by atoms with E-state index in [9.17, 15) is 4.79 Å². The Balaban J connectivity index is 2.24. The zero-order valence-electron chi connectivity index (χ0n) is 7.45. The first-order valence-electron chi connectivity index (χ1n) is 4.32. The van der Waals surface area contributed by atoms with E-state index in [2.05, 4.69) is 4.90 Å². The number of hydrogen-bond donors (Lipinski definition) is 1. The smallest absolute Gasteiger partial charge is 0.404 e. The van der Waals surface area contributed by atoms with Crippen molar-refractivity contribution in [2.45, 2.75) is 25.3 Å². The number of likely N-dealkylation sites (tertiary alicyclic amines) is 1. The molecule has 1 unspecified atom stereocenters. The topological polar surface area (TPSA) is 55.6 Å². The quantitative estimate of drug-likeness (QED) is 0.662. The minimum Gasteiger partial charge on any atom is -0.448 e. The van der Waals surface area contributed by atoms with Gasteiger partial charge in [-0.2, -0.15) is 0 Å². The van der Waals surface area contributed by atoms with E-state index < -0.39 is 6.09 Å². The first kappa shape index (κ1) is 9.32. The molecule has 1 amide bonds. The van der Waals surface area contributed by atoms with Crippen molar-refractivity contribution in [3.63, 3.8) is 0 Å². The molecule has 0 aromatic rings. The number of rotatable bonds is 2. The van der Waals surface area contributed by atoms with Gasteiger partial charge in [0.15, 0.2) is 0 Å². The second kappa shape index (κ2) is 4.30. The van der Waals surface area contributed by atoms with Crippen molar-refractivity contribution in [3.8, 4) is 0 Å². The first-order chi connectivity index (χ1) is 5.70. The van der Waals surface area contributed by atoms with Gasteiger partial charge < -0.3 is 15.4 Å². The summed E-state index contributed by atoms with van der Waals surface area (Å²) in [5, 5.41) is 0. The third-order valence-electron chi connectivity index (χ3n) is 2.34. The lowest BCUT2D eigenvalue weighted by Crippen LogP contribution is -2.40. The Morgan fingerprint density at radius 2 is 2.42 bits per heavy atom. The van der Waals surface area contributed by atoms with E-state index >= 15 is 0 Å². The third kappa shape index (κ3) is 2.70. The molecule has 1 saturated heterocycles. The number of hydrogen-bond acceptors (Lipinski definition) is 3. The van der Waals surface area contributed by atoms with Crippen LogP contribution in [0.2, 0.25) is 0 Å². The van der Waals surface area contributed by atoms with Gasteiger partial charge in [-0.1, -0.05) is 6.42 Å². The van der Waals surface area contributed by atoms with Gasteiger partial charge in [0, 0.05) is 6.04 Å². The van der Waals surface area contributed by atoms with Crippen molar-refractivity contribution in [2.75, 3.05) is 20.2 Å². The number of piperidine rings is 1. The van der Waals surface area contributed by atoms with Gasteiger partial charge in [0.25, 0.3) is 0 Å². The zero-order chi connectivity index (χ0) is 8.97. The molecule has 0 radical (unpaired) electrons. The molecule has 1 fully saturated rings. The summed E-state index contributed by atoms with van der Waals surface area (Å²) in [6, 6.07) is 0.367.